The zero-order chi connectivity index (χ0) is 18.0. The first-order chi connectivity index (χ1) is 12.0. The summed E-state index contributed by atoms with van der Waals surface area (Å²) >= 11 is 0. The molecular formula is C18H18N2O5. The second kappa shape index (κ2) is 6.72. The highest BCUT2D eigenvalue weighted by Crippen LogP contribution is 2.36. The van der Waals surface area contributed by atoms with Gasteiger partial charge in [-0.3, -0.25) is 9.59 Å². The van der Waals surface area contributed by atoms with Gasteiger partial charge in [0.1, 0.15) is 11.5 Å². The molecule has 0 radical (unpaired) electrons. The largest absolute Gasteiger partial charge is 0.497 e. The van der Waals surface area contributed by atoms with E-state index in [-0.39, 0.29) is 18.4 Å². The van der Waals surface area contributed by atoms with Gasteiger partial charge in [0.15, 0.2) is 12.4 Å². The summed E-state index contributed by atoms with van der Waals surface area (Å²) in [6.45, 7) is -0.0976. The van der Waals surface area contributed by atoms with Crippen LogP contribution in [0.5, 0.6) is 17.2 Å². The van der Waals surface area contributed by atoms with Gasteiger partial charge in [-0.25, -0.2) is 0 Å². The number of nitrogens with zero attached hydrogens (tertiary/aromatic N) is 1. The second-order valence-corrected chi connectivity index (χ2v) is 5.42. The van der Waals surface area contributed by atoms with Crippen molar-refractivity contribution in [2.45, 2.75) is 0 Å². The summed E-state index contributed by atoms with van der Waals surface area (Å²) in [7, 11) is 4.72. The Morgan fingerprint density at radius 2 is 2.00 bits per heavy atom. The SMILES string of the molecule is COc1ccc(NC(=O)c2cccc3c2OCC(=O)N3C)c(OC)c1. The first-order valence-corrected chi connectivity index (χ1v) is 7.61. The third kappa shape index (κ3) is 3.08. The topological polar surface area (TPSA) is 77.1 Å². The number of methoxy groups -OCH3 is 2. The highest BCUT2D eigenvalue weighted by molar-refractivity contribution is 6.09. The number of fused-ring (bicyclic) bond motifs is 1. The molecule has 0 atom stereocenters. The molecule has 0 spiro atoms. The zero-order valence-corrected chi connectivity index (χ0v) is 14.2. The molecule has 7 nitrogen and oxygen atoms in total. The summed E-state index contributed by atoms with van der Waals surface area (Å²) in [5.74, 6) is 0.959. The fourth-order valence-corrected chi connectivity index (χ4v) is 2.58. The van der Waals surface area contributed by atoms with Gasteiger partial charge in [0.25, 0.3) is 11.8 Å². The van der Waals surface area contributed by atoms with E-state index in [1.165, 1.54) is 12.0 Å². The van der Waals surface area contributed by atoms with Gasteiger partial charge < -0.3 is 24.4 Å². The lowest BCUT2D eigenvalue weighted by Gasteiger charge is -2.27. The number of anilines is 2. The molecule has 2 aromatic rings. The van der Waals surface area contributed by atoms with Crippen LogP contribution in [0, 0.1) is 0 Å². The fraction of sp³-hybridized carbons (Fsp3) is 0.222. The van der Waals surface area contributed by atoms with Crippen molar-refractivity contribution < 1.29 is 23.8 Å². The standard InChI is InChI=1S/C18H18N2O5/c1-20-14-6-4-5-12(17(14)25-10-16(20)21)18(22)19-13-8-7-11(23-2)9-15(13)24-3/h4-9H,10H2,1-3H3,(H,19,22). The highest BCUT2D eigenvalue weighted by Gasteiger charge is 2.27. The van der Waals surface area contributed by atoms with Crippen LogP contribution in [0.15, 0.2) is 36.4 Å². The number of carbonyl (C=O) groups is 2. The van der Waals surface area contributed by atoms with Gasteiger partial charge in [0.05, 0.1) is 31.2 Å². The van der Waals surface area contributed by atoms with Crippen molar-refractivity contribution in [2.24, 2.45) is 0 Å². The Labute approximate surface area is 145 Å². The van der Waals surface area contributed by atoms with E-state index in [4.69, 9.17) is 14.2 Å². The minimum absolute atomic E-state index is 0.0976. The number of benzene rings is 2. The number of hydrogen-bond donors (Lipinski definition) is 1. The van der Waals surface area contributed by atoms with E-state index < -0.39 is 0 Å². The Morgan fingerprint density at radius 3 is 2.72 bits per heavy atom. The molecule has 0 aromatic heterocycles. The van der Waals surface area contributed by atoms with Gasteiger partial charge in [-0.1, -0.05) is 6.07 Å². The predicted octanol–water partition coefficient (Wildman–Crippen LogP) is 2.31. The number of hydrogen-bond acceptors (Lipinski definition) is 5. The maximum absolute atomic E-state index is 12.7. The number of ether oxygens (including phenoxy) is 3. The van der Waals surface area contributed by atoms with Gasteiger partial charge in [-0.2, -0.15) is 0 Å². The predicted molar refractivity (Wildman–Crippen MR) is 92.8 cm³/mol. The molecule has 0 unspecified atom stereocenters. The first-order valence-electron chi connectivity index (χ1n) is 7.61. The quantitative estimate of drug-likeness (QED) is 0.923. The van der Waals surface area contributed by atoms with E-state index in [0.29, 0.717) is 34.2 Å². The average molecular weight is 342 g/mol. The van der Waals surface area contributed by atoms with E-state index >= 15 is 0 Å². The molecule has 2 aromatic carbocycles. The van der Waals surface area contributed by atoms with Crippen LogP contribution in [0.1, 0.15) is 10.4 Å². The minimum atomic E-state index is -0.358. The van der Waals surface area contributed by atoms with Crippen LogP contribution in [-0.4, -0.2) is 39.7 Å². The van der Waals surface area contributed by atoms with Crippen LogP contribution < -0.4 is 24.4 Å². The van der Waals surface area contributed by atoms with E-state index in [2.05, 4.69) is 5.32 Å². The van der Waals surface area contributed by atoms with Gasteiger partial charge in [0.2, 0.25) is 0 Å². The number of likely N-dealkylation sites (N-methyl/N-ethyl adjacent to an activating group) is 1. The van der Waals surface area contributed by atoms with E-state index in [1.807, 2.05) is 0 Å². The Kier molecular flexibility index (Phi) is 4.47. The molecule has 0 bridgehead atoms. The average Bonchev–Trinajstić information content (AvgIpc) is 2.64. The molecule has 0 aliphatic carbocycles. The summed E-state index contributed by atoms with van der Waals surface area (Å²) in [4.78, 5) is 25.9. The van der Waals surface area contributed by atoms with Crippen molar-refractivity contribution in [2.75, 3.05) is 38.1 Å². The maximum atomic E-state index is 12.7. The van der Waals surface area contributed by atoms with E-state index in [0.717, 1.165) is 0 Å². The lowest BCUT2D eigenvalue weighted by molar-refractivity contribution is -0.121. The Bertz CT molecular complexity index is 834. The second-order valence-electron chi connectivity index (χ2n) is 5.42. The Morgan fingerprint density at radius 1 is 1.20 bits per heavy atom. The lowest BCUT2D eigenvalue weighted by Crippen LogP contribution is -2.36. The minimum Gasteiger partial charge on any atom is -0.497 e. The first kappa shape index (κ1) is 16.6. The maximum Gasteiger partial charge on any atom is 0.264 e. The lowest BCUT2D eigenvalue weighted by atomic mass is 10.1. The summed E-state index contributed by atoms with van der Waals surface area (Å²) in [6, 6.07) is 10.2. The monoisotopic (exact) mass is 342 g/mol. The number of rotatable bonds is 4. The summed E-state index contributed by atoms with van der Waals surface area (Å²) in [6.07, 6.45) is 0. The van der Waals surface area contributed by atoms with Gasteiger partial charge >= 0.3 is 0 Å². The Hall–Kier alpha value is -3.22. The molecule has 2 amide bonds. The molecule has 0 fully saturated rings. The molecule has 130 valence electrons. The van der Waals surface area contributed by atoms with Crippen molar-refractivity contribution in [3.63, 3.8) is 0 Å². The molecule has 0 saturated heterocycles. The third-order valence-corrected chi connectivity index (χ3v) is 3.97. The summed E-state index contributed by atoms with van der Waals surface area (Å²) in [5.41, 5.74) is 1.41. The van der Waals surface area contributed by atoms with Crippen molar-refractivity contribution in [1.82, 2.24) is 0 Å². The highest BCUT2D eigenvalue weighted by atomic mass is 16.5. The van der Waals surface area contributed by atoms with Crippen LogP contribution >= 0.6 is 0 Å². The summed E-state index contributed by atoms with van der Waals surface area (Å²) < 4.78 is 15.9. The van der Waals surface area contributed by atoms with Crippen LogP contribution in [0.2, 0.25) is 0 Å². The zero-order valence-electron chi connectivity index (χ0n) is 14.2. The number of para-hydroxylation sites is 1. The molecule has 0 saturated carbocycles. The van der Waals surface area contributed by atoms with E-state index in [9.17, 15) is 9.59 Å². The van der Waals surface area contributed by atoms with Gasteiger partial charge in [0, 0.05) is 13.1 Å². The molecule has 1 aliphatic rings. The summed E-state index contributed by atoms with van der Waals surface area (Å²) in [5, 5.41) is 2.80. The van der Waals surface area contributed by atoms with Crippen LogP contribution in [0.25, 0.3) is 0 Å². The molecule has 1 N–H and O–H groups in total. The molecule has 25 heavy (non-hydrogen) atoms. The van der Waals surface area contributed by atoms with Gasteiger partial charge in [-0.15, -0.1) is 0 Å². The van der Waals surface area contributed by atoms with E-state index in [1.54, 1.807) is 50.6 Å². The molecule has 1 heterocycles. The molecular weight excluding hydrogens is 324 g/mol. The van der Waals surface area contributed by atoms with Crippen molar-refractivity contribution in [1.29, 1.82) is 0 Å². The number of nitrogens with one attached hydrogen (secondary N) is 1. The fourth-order valence-electron chi connectivity index (χ4n) is 2.58. The Balaban J connectivity index is 1.92. The van der Waals surface area contributed by atoms with Crippen molar-refractivity contribution >= 4 is 23.2 Å². The normalized spacial score (nSPS) is 12.9. The molecule has 3 rings (SSSR count). The van der Waals surface area contributed by atoms with Crippen molar-refractivity contribution in [3.8, 4) is 17.2 Å². The molecule has 1 aliphatic heterocycles. The molecule has 7 heteroatoms. The van der Waals surface area contributed by atoms with Crippen LogP contribution in [0.3, 0.4) is 0 Å². The smallest absolute Gasteiger partial charge is 0.264 e. The van der Waals surface area contributed by atoms with Crippen LogP contribution in [-0.2, 0) is 4.79 Å². The number of amides is 2. The third-order valence-electron chi connectivity index (χ3n) is 3.97. The van der Waals surface area contributed by atoms with Gasteiger partial charge in [-0.05, 0) is 24.3 Å². The van der Waals surface area contributed by atoms with Crippen LogP contribution in [0.4, 0.5) is 11.4 Å². The van der Waals surface area contributed by atoms with Crippen molar-refractivity contribution in [3.05, 3.63) is 42.0 Å². The number of carbonyl (C=O) groups excluding carboxylic acids is 2.